The van der Waals surface area contributed by atoms with Gasteiger partial charge in [0.25, 0.3) is 0 Å². The lowest BCUT2D eigenvalue weighted by Crippen LogP contribution is -2.25. The monoisotopic (exact) mass is 293 g/mol. The van der Waals surface area contributed by atoms with E-state index >= 15 is 0 Å². The topological polar surface area (TPSA) is 55.1 Å². The number of hydrogen-bond donors (Lipinski definition) is 1. The van der Waals surface area contributed by atoms with Crippen LogP contribution in [0.15, 0.2) is 36.7 Å². The number of hydrogen-bond acceptors (Lipinski definition) is 4. The molecule has 1 aromatic carbocycles. The van der Waals surface area contributed by atoms with Gasteiger partial charge in [0.05, 0.1) is 11.4 Å². The van der Waals surface area contributed by atoms with Gasteiger partial charge in [-0.3, -0.25) is 0 Å². The fourth-order valence-corrected chi connectivity index (χ4v) is 3.00. The molecular formula is C17H19N5. The summed E-state index contributed by atoms with van der Waals surface area (Å²) >= 11 is 0. The van der Waals surface area contributed by atoms with E-state index in [9.17, 15) is 0 Å². The standard InChI is InChI=1S/C17H19N5/c1-12-5-3-4-6-14(12)10-17(7-8-17)19-15-9-13(2)21-22-11-18-20-16(15)22/h3-6,9,11,19H,7-8,10H2,1-2H3. The average Bonchev–Trinajstić information content (AvgIpc) is 3.06. The third-order valence-electron chi connectivity index (χ3n) is 4.43. The Hall–Kier alpha value is -2.43. The minimum atomic E-state index is 0.145. The lowest BCUT2D eigenvalue weighted by atomic mass is 9.99. The highest BCUT2D eigenvalue weighted by atomic mass is 15.3. The van der Waals surface area contributed by atoms with Crippen molar-refractivity contribution in [1.29, 1.82) is 0 Å². The first kappa shape index (κ1) is 13.2. The van der Waals surface area contributed by atoms with Crippen LogP contribution in [-0.4, -0.2) is 25.4 Å². The Bertz CT molecular complexity index is 832. The minimum absolute atomic E-state index is 0.145. The molecular weight excluding hydrogens is 274 g/mol. The van der Waals surface area contributed by atoms with Crippen LogP contribution in [-0.2, 0) is 6.42 Å². The predicted octanol–water partition coefficient (Wildman–Crippen LogP) is 2.93. The number of rotatable bonds is 4. The molecule has 22 heavy (non-hydrogen) atoms. The molecule has 4 rings (SSSR count). The molecule has 0 amide bonds. The first-order valence-corrected chi connectivity index (χ1v) is 7.66. The summed E-state index contributed by atoms with van der Waals surface area (Å²) in [5.41, 5.74) is 5.69. The van der Waals surface area contributed by atoms with Crippen molar-refractivity contribution in [2.24, 2.45) is 0 Å². The molecule has 5 nitrogen and oxygen atoms in total. The van der Waals surface area contributed by atoms with Gasteiger partial charge in [0.1, 0.15) is 6.33 Å². The second-order valence-electron chi connectivity index (χ2n) is 6.31. The first-order valence-electron chi connectivity index (χ1n) is 7.66. The van der Waals surface area contributed by atoms with Gasteiger partial charge in [0.2, 0.25) is 5.65 Å². The minimum Gasteiger partial charge on any atom is -0.376 e. The van der Waals surface area contributed by atoms with E-state index in [1.807, 2.05) is 6.92 Å². The Morgan fingerprint density at radius 3 is 2.82 bits per heavy atom. The molecule has 1 aliphatic carbocycles. The number of nitrogens with one attached hydrogen (secondary N) is 1. The van der Waals surface area contributed by atoms with Crippen LogP contribution in [0.2, 0.25) is 0 Å². The van der Waals surface area contributed by atoms with Crippen LogP contribution < -0.4 is 5.32 Å². The zero-order valence-corrected chi connectivity index (χ0v) is 12.9. The van der Waals surface area contributed by atoms with Crippen LogP contribution >= 0.6 is 0 Å². The zero-order chi connectivity index (χ0) is 15.2. The summed E-state index contributed by atoms with van der Waals surface area (Å²) in [5.74, 6) is 0. The van der Waals surface area contributed by atoms with Gasteiger partial charge in [-0.05, 0) is 50.3 Å². The highest BCUT2D eigenvalue weighted by Crippen LogP contribution is 2.42. The molecule has 1 aliphatic rings. The molecule has 0 saturated heterocycles. The van der Waals surface area contributed by atoms with E-state index in [1.165, 1.54) is 24.0 Å². The van der Waals surface area contributed by atoms with Gasteiger partial charge in [-0.1, -0.05) is 24.3 Å². The normalized spacial score (nSPS) is 15.9. The van der Waals surface area contributed by atoms with Crippen LogP contribution in [0.25, 0.3) is 5.65 Å². The summed E-state index contributed by atoms with van der Waals surface area (Å²) in [4.78, 5) is 0. The average molecular weight is 293 g/mol. The molecule has 2 aromatic heterocycles. The lowest BCUT2D eigenvalue weighted by Gasteiger charge is -2.20. The van der Waals surface area contributed by atoms with Gasteiger partial charge in [0.15, 0.2) is 0 Å². The first-order chi connectivity index (χ1) is 10.7. The van der Waals surface area contributed by atoms with Gasteiger partial charge in [-0.2, -0.15) is 9.61 Å². The SMILES string of the molecule is Cc1cc(NC2(Cc3ccccc3C)CC2)c2nncn2n1. The molecule has 1 saturated carbocycles. The summed E-state index contributed by atoms with van der Waals surface area (Å²) in [6.07, 6.45) is 5.06. The molecule has 0 bridgehead atoms. The van der Waals surface area contributed by atoms with Crippen LogP contribution in [0.1, 0.15) is 29.7 Å². The van der Waals surface area contributed by atoms with Crippen molar-refractivity contribution in [3.8, 4) is 0 Å². The third kappa shape index (κ3) is 2.32. The molecule has 3 aromatic rings. The smallest absolute Gasteiger partial charge is 0.200 e. The summed E-state index contributed by atoms with van der Waals surface area (Å²) in [7, 11) is 0. The second kappa shape index (κ2) is 4.80. The van der Waals surface area contributed by atoms with Gasteiger partial charge >= 0.3 is 0 Å². The summed E-state index contributed by atoms with van der Waals surface area (Å²) < 4.78 is 1.74. The van der Waals surface area contributed by atoms with E-state index in [2.05, 4.69) is 57.9 Å². The van der Waals surface area contributed by atoms with Gasteiger partial charge < -0.3 is 5.32 Å². The summed E-state index contributed by atoms with van der Waals surface area (Å²) in [5, 5.41) is 16.3. The number of benzene rings is 1. The number of aromatic nitrogens is 4. The Balaban J connectivity index is 1.65. The highest BCUT2D eigenvalue weighted by Gasteiger charge is 2.43. The Kier molecular flexibility index (Phi) is 2.89. The van der Waals surface area contributed by atoms with Crippen molar-refractivity contribution in [2.75, 3.05) is 5.32 Å². The molecule has 112 valence electrons. The molecule has 1 fully saturated rings. The maximum atomic E-state index is 4.40. The van der Waals surface area contributed by atoms with Crippen LogP contribution in [0.4, 0.5) is 5.69 Å². The quantitative estimate of drug-likeness (QED) is 0.803. The zero-order valence-electron chi connectivity index (χ0n) is 12.9. The van der Waals surface area contributed by atoms with E-state index in [-0.39, 0.29) is 5.54 Å². The van der Waals surface area contributed by atoms with E-state index in [0.717, 1.165) is 23.4 Å². The number of aryl methyl sites for hydroxylation is 2. The van der Waals surface area contributed by atoms with Crippen molar-refractivity contribution in [3.05, 3.63) is 53.5 Å². The van der Waals surface area contributed by atoms with Crippen molar-refractivity contribution >= 4 is 11.3 Å². The molecule has 0 aliphatic heterocycles. The molecule has 5 heteroatoms. The van der Waals surface area contributed by atoms with E-state index in [0.29, 0.717) is 0 Å². The third-order valence-corrected chi connectivity index (χ3v) is 4.43. The van der Waals surface area contributed by atoms with Crippen LogP contribution in [0.5, 0.6) is 0 Å². The van der Waals surface area contributed by atoms with Crippen LogP contribution in [0, 0.1) is 13.8 Å². The largest absolute Gasteiger partial charge is 0.376 e. The lowest BCUT2D eigenvalue weighted by molar-refractivity contribution is 0.721. The summed E-state index contributed by atoms with van der Waals surface area (Å²) in [6, 6.07) is 10.7. The van der Waals surface area contributed by atoms with E-state index in [4.69, 9.17) is 0 Å². The van der Waals surface area contributed by atoms with Gasteiger partial charge in [-0.15, -0.1) is 10.2 Å². The molecule has 1 N–H and O–H groups in total. The fourth-order valence-electron chi connectivity index (χ4n) is 3.00. The molecule has 0 unspecified atom stereocenters. The van der Waals surface area contributed by atoms with Crippen molar-refractivity contribution in [2.45, 2.75) is 38.6 Å². The Morgan fingerprint density at radius 1 is 1.23 bits per heavy atom. The van der Waals surface area contributed by atoms with Crippen molar-refractivity contribution < 1.29 is 0 Å². The fraction of sp³-hybridized carbons (Fsp3) is 0.353. The maximum absolute atomic E-state index is 4.40. The molecule has 0 atom stereocenters. The van der Waals surface area contributed by atoms with Gasteiger partial charge in [0, 0.05) is 5.54 Å². The molecule has 0 radical (unpaired) electrons. The Morgan fingerprint density at radius 2 is 2.05 bits per heavy atom. The molecule has 2 heterocycles. The maximum Gasteiger partial charge on any atom is 0.200 e. The predicted molar refractivity (Wildman–Crippen MR) is 86.0 cm³/mol. The number of nitrogens with zero attached hydrogens (tertiary/aromatic N) is 4. The summed E-state index contributed by atoms with van der Waals surface area (Å²) in [6.45, 7) is 4.17. The molecule has 0 spiro atoms. The van der Waals surface area contributed by atoms with Gasteiger partial charge in [-0.25, -0.2) is 0 Å². The Labute approximate surface area is 129 Å². The van der Waals surface area contributed by atoms with Crippen molar-refractivity contribution in [3.63, 3.8) is 0 Å². The van der Waals surface area contributed by atoms with Crippen LogP contribution in [0.3, 0.4) is 0 Å². The number of fused-ring (bicyclic) bond motifs is 1. The highest BCUT2D eigenvalue weighted by molar-refractivity contribution is 5.68. The second-order valence-corrected chi connectivity index (χ2v) is 6.31. The van der Waals surface area contributed by atoms with E-state index in [1.54, 1.807) is 10.8 Å². The van der Waals surface area contributed by atoms with E-state index < -0.39 is 0 Å². The van der Waals surface area contributed by atoms with Crippen molar-refractivity contribution in [1.82, 2.24) is 19.8 Å². The number of anilines is 1.